The highest BCUT2D eigenvalue weighted by atomic mass is 35.5. The molecule has 20 heavy (non-hydrogen) atoms. The van der Waals surface area contributed by atoms with E-state index in [2.05, 4.69) is 20.5 Å². The number of hydrogen-bond acceptors (Lipinski definition) is 5. The number of benzene rings is 1. The summed E-state index contributed by atoms with van der Waals surface area (Å²) in [4.78, 5) is 6.97. The molecule has 0 aliphatic rings. The van der Waals surface area contributed by atoms with Crippen molar-refractivity contribution < 1.29 is 4.84 Å². The fourth-order valence-corrected chi connectivity index (χ4v) is 2.19. The lowest BCUT2D eigenvalue weighted by Crippen LogP contribution is -2.16. The van der Waals surface area contributed by atoms with Gasteiger partial charge in [0.05, 0.1) is 0 Å². The summed E-state index contributed by atoms with van der Waals surface area (Å²) >= 11 is 5.96. The second-order valence-electron chi connectivity index (χ2n) is 4.28. The van der Waals surface area contributed by atoms with Crippen LogP contribution in [0.4, 0.5) is 0 Å². The van der Waals surface area contributed by atoms with Crippen LogP contribution < -0.4 is 4.84 Å². The summed E-state index contributed by atoms with van der Waals surface area (Å²) in [5.74, 6) is 1.60. The van der Waals surface area contributed by atoms with Gasteiger partial charge in [-0.25, -0.2) is 0 Å². The number of hydrogen-bond donors (Lipinski definition) is 0. The number of halogens is 1. The molecule has 0 bridgehead atoms. The van der Waals surface area contributed by atoms with E-state index in [0.717, 1.165) is 29.2 Å². The van der Waals surface area contributed by atoms with Crippen molar-refractivity contribution in [3.63, 3.8) is 0 Å². The van der Waals surface area contributed by atoms with Gasteiger partial charge >= 0.3 is 0 Å². The van der Waals surface area contributed by atoms with Crippen molar-refractivity contribution >= 4 is 22.6 Å². The molecule has 2 aromatic heterocycles. The Hall–Kier alpha value is -2.15. The summed E-state index contributed by atoms with van der Waals surface area (Å²) in [5, 5.41) is 16.7. The minimum absolute atomic E-state index is 0.264. The fourth-order valence-electron chi connectivity index (χ4n) is 2.03. The standard InChI is InChI=1S/C12H13ClN6O/c1-3-18-8(2)14-16-12(18)7-20-19-11-6-9(13)4-5-10(11)15-17-19/h4-6H,3,7H2,1-2H3. The van der Waals surface area contributed by atoms with Gasteiger partial charge in [0.2, 0.25) is 0 Å². The Labute approximate surface area is 120 Å². The van der Waals surface area contributed by atoms with E-state index in [9.17, 15) is 0 Å². The van der Waals surface area contributed by atoms with Crippen molar-refractivity contribution in [2.75, 3.05) is 0 Å². The van der Waals surface area contributed by atoms with Crippen LogP contribution in [0, 0.1) is 6.92 Å². The summed E-state index contributed by atoms with van der Waals surface area (Å²) in [6, 6.07) is 5.32. The molecule has 7 nitrogen and oxygen atoms in total. The molecule has 8 heteroatoms. The van der Waals surface area contributed by atoms with Gasteiger partial charge in [-0.05, 0) is 37.3 Å². The van der Waals surface area contributed by atoms with Crippen molar-refractivity contribution in [3.8, 4) is 0 Å². The van der Waals surface area contributed by atoms with Crippen LogP contribution in [0.5, 0.6) is 0 Å². The highest BCUT2D eigenvalue weighted by molar-refractivity contribution is 6.31. The Bertz CT molecular complexity index is 750. The van der Waals surface area contributed by atoms with Crippen LogP contribution in [0.2, 0.25) is 5.02 Å². The van der Waals surface area contributed by atoms with Gasteiger partial charge in [0.25, 0.3) is 0 Å². The number of nitrogens with zero attached hydrogens (tertiary/aromatic N) is 6. The average Bonchev–Trinajstić information content (AvgIpc) is 2.99. The van der Waals surface area contributed by atoms with Crippen molar-refractivity contribution in [2.24, 2.45) is 0 Å². The average molecular weight is 293 g/mol. The Kier molecular flexibility index (Phi) is 3.27. The molecule has 0 spiro atoms. The molecule has 3 aromatic rings. The van der Waals surface area contributed by atoms with Crippen LogP contribution in [0.3, 0.4) is 0 Å². The second-order valence-corrected chi connectivity index (χ2v) is 4.71. The van der Waals surface area contributed by atoms with Crippen LogP contribution in [-0.2, 0) is 13.2 Å². The first-order chi connectivity index (χ1) is 9.69. The third-order valence-electron chi connectivity index (χ3n) is 3.02. The molecule has 0 N–H and O–H groups in total. The van der Waals surface area contributed by atoms with Crippen molar-refractivity contribution in [1.29, 1.82) is 0 Å². The van der Waals surface area contributed by atoms with Gasteiger partial charge in [-0.3, -0.25) is 0 Å². The van der Waals surface area contributed by atoms with E-state index in [1.807, 2.05) is 18.4 Å². The number of aryl methyl sites for hydroxylation is 1. The molecule has 0 unspecified atom stereocenters. The monoisotopic (exact) mass is 292 g/mol. The largest absolute Gasteiger partial charge is 0.387 e. The molecule has 0 fully saturated rings. The molecule has 0 radical (unpaired) electrons. The van der Waals surface area contributed by atoms with Crippen molar-refractivity contribution in [1.82, 2.24) is 29.9 Å². The van der Waals surface area contributed by atoms with Crippen LogP contribution in [0.15, 0.2) is 18.2 Å². The van der Waals surface area contributed by atoms with Gasteiger partial charge in [0.1, 0.15) is 16.9 Å². The van der Waals surface area contributed by atoms with Crippen LogP contribution in [0.1, 0.15) is 18.6 Å². The summed E-state index contributed by atoms with van der Waals surface area (Å²) in [7, 11) is 0. The first kappa shape index (κ1) is 12.9. The highest BCUT2D eigenvalue weighted by Gasteiger charge is 2.10. The van der Waals surface area contributed by atoms with Crippen molar-refractivity contribution in [3.05, 3.63) is 34.9 Å². The van der Waals surface area contributed by atoms with Crippen molar-refractivity contribution in [2.45, 2.75) is 27.0 Å². The number of rotatable bonds is 4. The molecule has 1 aromatic carbocycles. The van der Waals surface area contributed by atoms with Gasteiger partial charge < -0.3 is 9.40 Å². The molecule has 0 aliphatic heterocycles. The molecule has 2 heterocycles. The van der Waals surface area contributed by atoms with Gasteiger partial charge in [-0.2, -0.15) is 0 Å². The Balaban J connectivity index is 1.85. The summed E-state index contributed by atoms with van der Waals surface area (Å²) < 4.78 is 1.98. The maximum Gasteiger partial charge on any atom is 0.176 e. The number of fused-ring (bicyclic) bond motifs is 1. The van der Waals surface area contributed by atoms with E-state index in [0.29, 0.717) is 5.02 Å². The van der Waals surface area contributed by atoms with Gasteiger partial charge in [0.15, 0.2) is 12.4 Å². The predicted octanol–water partition coefficient (Wildman–Crippen LogP) is 1.63. The van der Waals surface area contributed by atoms with E-state index in [4.69, 9.17) is 16.4 Å². The van der Waals surface area contributed by atoms with Gasteiger partial charge in [0, 0.05) is 11.6 Å². The van der Waals surface area contributed by atoms with E-state index in [-0.39, 0.29) is 6.61 Å². The summed E-state index contributed by atoms with van der Waals surface area (Å²) in [6.45, 7) is 5.00. The Morgan fingerprint density at radius 2 is 2.10 bits per heavy atom. The van der Waals surface area contributed by atoms with Crippen LogP contribution in [-0.4, -0.2) is 29.9 Å². The SMILES string of the molecule is CCn1c(C)nnc1COn1nnc2ccc(Cl)cc21. The molecular weight excluding hydrogens is 280 g/mol. The zero-order valence-corrected chi connectivity index (χ0v) is 11.9. The fraction of sp³-hybridized carbons (Fsp3) is 0.333. The van der Waals surface area contributed by atoms with Gasteiger partial charge in [-0.15, -0.1) is 15.3 Å². The molecule has 0 aliphatic carbocycles. The first-order valence-corrected chi connectivity index (χ1v) is 6.59. The number of aromatic nitrogens is 6. The van der Waals surface area contributed by atoms with Gasteiger partial charge in [-0.1, -0.05) is 16.4 Å². The lowest BCUT2D eigenvalue weighted by atomic mass is 10.3. The van der Waals surface area contributed by atoms with E-state index < -0.39 is 0 Å². The zero-order chi connectivity index (χ0) is 14.1. The molecule has 0 atom stereocenters. The van der Waals surface area contributed by atoms with E-state index in [1.54, 1.807) is 18.2 Å². The minimum atomic E-state index is 0.264. The molecule has 3 rings (SSSR count). The summed E-state index contributed by atoms with van der Waals surface area (Å²) in [5.41, 5.74) is 1.44. The first-order valence-electron chi connectivity index (χ1n) is 6.22. The minimum Gasteiger partial charge on any atom is -0.387 e. The zero-order valence-electron chi connectivity index (χ0n) is 11.1. The van der Waals surface area contributed by atoms with E-state index >= 15 is 0 Å². The molecule has 0 saturated heterocycles. The van der Waals surface area contributed by atoms with Crippen LogP contribution in [0.25, 0.3) is 11.0 Å². The predicted molar refractivity (Wildman–Crippen MR) is 73.3 cm³/mol. The Morgan fingerprint density at radius 1 is 1.25 bits per heavy atom. The topological polar surface area (TPSA) is 70.7 Å². The third kappa shape index (κ3) is 2.20. The quantitative estimate of drug-likeness (QED) is 0.731. The lowest BCUT2D eigenvalue weighted by Gasteiger charge is -2.07. The Morgan fingerprint density at radius 3 is 2.90 bits per heavy atom. The molecule has 0 amide bonds. The molecule has 0 saturated carbocycles. The smallest absolute Gasteiger partial charge is 0.176 e. The summed E-state index contributed by atoms with van der Waals surface area (Å²) in [6.07, 6.45) is 0. The maximum absolute atomic E-state index is 5.96. The molecule has 104 valence electrons. The van der Waals surface area contributed by atoms with Crippen LogP contribution >= 0.6 is 11.6 Å². The molecular formula is C12H13ClN6O. The second kappa shape index (κ2) is 5.09. The maximum atomic E-state index is 5.96. The lowest BCUT2D eigenvalue weighted by molar-refractivity contribution is 0.0690. The van der Waals surface area contributed by atoms with E-state index in [1.165, 1.54) is 4.85 Å². The highest BCUT2D eigenvalue weighted by Crippen LogP contribution is 2.16. The third-order valence-corrected chi connectivity index (χ3v) is 3.26. The normalized spacial score (nSPS) is 11.2.